The van der Waals surface area contributed by atoms with Crippen molar-refractivity contribution in [1.82, 2.24) is 10.2 Å². The zero-order valence-corrected chi connectivity index (χ0v) is 9.71. The molecule has 0 fully saturated rings. The first-order chi connectivity index (χ1) is 7.81. The van der Waals surface area contributed by atoms with Crippen LogP contribution in [0.2, 0.25) is 0 Å². The smallest absolute Gasteiger partial charge is 0.322 e. The van der Waals surface area contributed by atoms with Gasteiger partial charge in [0.15, 0.2) is 5.01 Å². The van der Waals surface area contributed by atoms with Gasteiger partial charge in [-0.1, -0.05) is 30.4 Å². The van der Waals surface area contributed by atoms with E-state index in [-0.39, 0.29) is 4.87 Å². The van der Waals surface area contributed by atoms with Gasteiger partial charge in [0.05, 0.1) is 12.2 Å². The maximum absolute atomic E-state index is 11.0. The van der Waals surface area contributed by atoms with Gasteiger partial charge < -0.3 is 4.74 Å². The molecule has 1 N–H and O–H groups in total. The van der Waals surface area contributed by atoms with Crippen molar-refractivity contribution in [3.63, 3.8) is 0 Å². The van der Waals surface area contributed by atoms with Gasteiger partial charge in [-0.2, -0.15) is 5.10 Å². The van der Waals surface area contributed by atoms with Crippen LogP contribution < -0.4 is 9.61 Å². The Morgan fingerprint density at radius 3 is 2.94 bits per heavy atom. The maximum atomic E-state index is 11.0. The van der Waals surface area contributed by atoms with Gasteiger partial charge in [0.1, 0.15) is 5.75 Å². The molecular formula is C11H12N2O2S. The highest BCUT2D eigenvalue weighted by Crippen LogP contribution is 2.29. The van der Waals surface area contributed by atoms with Crippen LogP contribution in [-0.2, 0) is 0 Å². The Morgan fingerprint density at radius 1 is 1.44 bits per heavy atom. The third kappa shape index (κ3) is 2.30. The van der Waals surface area contributed by atoms with Crippen molar-refractivity contribution in [2.75, 3.05) is 6.61 Å². The Hall–Kier alpha value is -1.62. The summed E-state index contributed by atoms with van der Waals surface area (Å²) in [7, 11) is 0. The molecule has 1 aromatic carbocycles. The third-order valence-corrected chi connectivity index (χ3v) is 2.80. The van der Waals surface area contributed by atoms with E-state index in [4.69, 9.17) is 4.74 Å². The van der Waals surface area contributed by atoms with E-state index in [0.29, 0.717) is 11.6 Å². The van der Waals surface area contributed by atoms with Crippen LogP contribution >= 0.6 is 11.3 Å². The van der Waals surface area contributed by atoms with Crippen molar-refractivity contribution in [3.8, 4) is 16.3 Å². The maximum Gasteiger partial charge on any atom is 0.322 e. The van der Waals surface area contributed by atoms with E-state index in [1.54, 1.807) is 0 Å². The molecule has 2 rings (SSSR count). The number of nitrogens with one attached hydrogen (secondary N) is 1. The van der Waals surface area contributed by atoms with Gasteiger partial charge in [0.2, 0.25) is 0 Å². The number of H-pyrrole nitrogens is 1. The molecule has 0 amide bonds. The lowest BCUT2D eigenvalue weighted by Gasteiger charge is -2.07. The summed E-state index contributed by atoms with van der Waals surface area (Å²) in [6, 6.07) is 7.60. The van der Waals surface area contributed by atoms with Crippen molar-refractivity contribution in [2.24, 2.45) is 0 Å². The fraction of sp³-hybridized carbons (Fsp3) is 0.273. The van der Waals surface area contributed by atoms with Crippen molar-refractivity contribution < 1.29 is 4.74 Å². The Morgan fingerprint density at radius 2 is 2.25 bits per heavy atom. The molecule has 0 atom stereocenters. The molecule has 5 heteroatoms. The summed E-state index contributed by atoms with van der Waals surface area (Å²) in [5, 5.41) is 7.03. The Kier molecular flexibility index (Phi) is 3.36. The topological polar surface area (TPSA) is 55.0 Å². The van der Waals surface area contributed by atoms with E-state index in [2.05, 4.69) is 17.1 Å². The van der Waals surface area contributed by atoms with Gasteiger partial charge >= 0.3 is 4.87 Å². The molecule has 16 heavy (non-hydrogen) atoms. The molecule has 0 unspecified atom stereocenters. The van der Waals surface area contributed by atoms with Crippen molar-refractivity contribution in [1.29, 1.82) is 0 Å². The minimum Gasteiger partial charge on any atom is -0.493 e. The molecule has 0 spiro atoms. The van der Waals surface area contributed by atoms with Gasteiger partial charge in [-0.15, -0.1) is 0 Å². The molecule has 0 saturated heterocycles. The summed E-state index contributed by atoms with van der Waals surface area (Å²) < 4.78 is 5.60. The van der Waals surface area contributed by atoms with Crippen LogP contribution in [0, 0.1) is 0 Å². The summed E-state index contributed by atoms with van der Waals surface area (Å²) >= 11 is 1.09. The van der Waals surface area contributed by atoms with Crippen molar-refractivity contribution in [2.45, 2.75) is 13.3 Å². The number of ether oxygens (including phenoxy) is 1. The van der Waals surface area contributed by atoms with Gasteiger partial charge in [0, 0.05) is 0 Å². The molecule has 1 aromatic heterocycles. The average molecular weight is 236 g/mol. The summed E-state index contributed by atoms with van der Waals surface area (Å²) in [5.41, 5.74) is 0.860. The number of hydrogen-bond acceptors (Lipinski definition) is 4. The van der Waals surface area contributed by atoms with Crippen LogP contribution in [0.1, 0.15) is 13.3 Å². The van der Waals surface area contributed by atoms with Crippen LogP contribution in [0.4, 0.5) is 0 Å². The van der Waals surface area contributed by atoms with Crippen LogP contribution in [-0.4, -0.2) is 16.8 Å². The van der Waals surface area contributed by atoms with Gasteiger partial charge in [-0.05, 0) is 18.6 Å². The predicted molar refractivity (Wildman–Crippen MR) is 64.0 cm³/mol. The summed E-state index contributed by atoms with van der Waals surface area (Å²) in [5.74, 6) is 0.770. The average Bonchev–Trinajstić information content (AvgIpc) is 2.73. The van der Waals surface area contributed by atoms with Crippen LogP contribution in [0.25, 0.3) is 10.6 Å². The molecule has 0 radical (unpaired) electrons. The van der Waals surface area contributed by atoms with E-state index < -0.39 is 0 Å². The summed E-state index contributed by atoms with van der Waals surface area (Å²) in [4.78, 5) is 10.9. The van der Waals surface area contributed by atoms with Crippen LogP contribution in [0.3, 0.4) is 0 Å². The van der Waals surface area contributed by atoms with E-state index in [1.807, 2.05) is 24.3 Å². The second kappa shape index (κ2) is 4.94. The number of rotatable bonds is 4. The second-order valence-electron chi connectivity index (χ2n) is 3.26. The van der Waals surface area contributed by atoms with E-state index in [9.17, 15) is 4.79 Å². The van der Waals surface area contributed by atoms with Crippen LogP contribution in [0.5, 0.6) is 5.75 Å². The molecule has 84 valence electrons. The highest BCUT2D eigenvalue weighted by molar-refractivity contribution is 7.12. The zero-order valence-electron chi connectivity index (χ0n) is 8.90. The summed E-state index contributed by atoms with van der Waals surface area (Å²) in [6.45, 7) is 2.71. The number of nitrogens with zero attached hydrogens (tertiary/aromatic N) is 1. The first-order valence-corrected chi connectivity index (χ1v) is 5.90. The molecule has 4 nitrogen and oxygen atoms in total. The lowest BCUT2D eigenvalue weighted by molar-refractivity contribution is 0.318. The fourth-order valence-electron chi connectivity index (χ4n) is 1.33. The number of para-hydroxylation sites is 1. The molecule has 0 aliphatic carbocycles. The zero-order chi connectivity index (χ0) is 11.4. The Balaban J connectivity index is 2.36. The van der Waals surface area contributed by atoms with E-state index in [0.717, 1.165) is 29.1 Å². The van der Waals surface area contributed by atoms with Gasteiger partial charge in [0.25, 0.3) is 0 Å². The number of benzene rings is 1. The van der Waals surface area contributed by atoms with Gasteiger partial charge in [-0.25, -0.2) is 5.10 Å². The minimum absolute atomic E-state index is 0.153. The highest BCUT2D eigenvalue weighted by Gasteiger charge is 2.09. The number of aromatic amines is 1. The molecule has 0 bridgehead atoms. The second-order valence-corrected chi connectivity index (χ2v) is 4.22. The first kappa shape index (κ1) is 10.9. The molecular weight excluding hydrogens is 224 g/mol. The predicted octanol–water partition coefficient (Wildman–Crippen LogP) is 2.29. The minimum atomic E-state index is -0.153. The van der Waals surface area contributed by atoms with E-state index >= 15 is 0 Å². The Bertz CT molecular complexity index is 518. The normalized spacial score (nSPS) is 10.3. The van der Waals surface area contributed by atoms with Crippen LogP contribution in [0.15, 0.2) is 29.1 Å². The lowest BCUT2D eigenvalue weighted by atomic mass is 10.2. The largest absolute Gasteiger partial charge is 0.493 e. The SMILES string of the molecule is CCCOc1ccccc1-c1n[nH]c(=O)s1. The number of aromatic nitrogens is 2. The third-order valence-electron chi connectivity index (χ3n) is 2.02. The molecule has 0 saturated carbocycles. The van der Waals surface area contributed by atoms with E-state index in [1.165, 1.54) is 0 Å². The monoisotopic (exact) mass is 236 g/mol. The summed E-state index contributed by atoms with van der Waals surface area (Å²) in [6.07, 6.45) is 0.950. The molecule has 0 aliphatic heterocycles. The quantitative estimate of drug-likeness (QED) is 0.886. The molecule has 1 heterocycles. The number of hydrogen-bond donors (Lipinski definition) is 1. The van der Waals surface area contributed by atoms with Gasteiger partial charge in [-0.3, -0.25) is 4.79 Å². The lowest BCUT2D eigenvalue weighted by Crippen LogP contribution is -1.96. The molecule has 0 aliphatic rings. The molecule has 2 aromatic rings. The van der Waals surface area contributed by atoms with Crippen molar-refractivity contribution in [3.05, 3.63) is 33.9 Å². The highest BCUT2D eigenvalue weighted by atomic mass is 32.1. The fourth-order valence-corrected chi connectivity index (χ4v) is 1.96. The van der Waals surface area contributed by atoms with Crippen molar-refractivity contribution >= 4 is 11.3 Å². The Labute approximate surface area is 96.9 Å². The standard InChI is InChI=1S/C11H12N2O2S/c1-2-7-15-9-6-4-3-5-8(9)10-12-13-11(14)16-10/h3-6H,2,7H2,1H3,(H,13,14). The first-order valence-electron chi connectivity index (χ1n) is 5.09.